The maximum absolute atomic E-state index is 14.6. The van der Waals surface area contributed by atoms with Crippen molar-refractivity contribution in [1.29, 1.82) is 0 Å². The van der Waals surface area contributed by atoms with Gasteiger partial charge in [0.1, 0.15) is 36.3 Å². The number of carbonyl (C=O) groups excluding carboxylic acids is 12. The van der Waals surface area contributed by atoms with Gasteiger partial charge >= 0.3 is 29.8 Å². The molecule has 2 aliphatic rings. The summed E-state index contributed by atoms with van der Waals surface area (Å²) in [6.45, 7) is 7.14. The van der Waals surface area contributed by atoms with Gasteiger partial charge in [0.25, 0.3) is 0 Å². The molecule has 99 heavy (non-hydrogen) atoms. The van der Waals surface area contributed by atoms with Crippen LogP contribution in [0.4, 0.5) is 0 Å². The fraction of sp³-hybridized carbons (Fsp3) is 0.635. The Balaban J connectivity index is 2.26. The number of benzene rings is 1. The van der Waals surface area contributed by atoms with Gasteiger partial charge in [0, 0.05) is 74.0 Å². The van der Waals surface area contributed by atoms with E-state index in [9.17, 15) is 112 Å². The summed E-state index contributed by atoms with van der Waals surface area (Å²) in [6, 6.07) is -7.60. The first-order chi connectivity index (χ1) is 46.5. The van der Waals surface area contributed by atoms with Crippen LogP contribution in [-0.2, 0) is 93.0 Å². The number of hydrogen-bond donors (Lipinski definition) is 16. The Morgan fingerprint density at radius 3 is 1.76 bits per heavy atom. The molecule has 0 spiro atoms. The maximum atomic E-state index is 14.6. The zero-order chi connectivity index (χ0) is 74.4. The molecule has 0 saturated carbocycles. The van der Waals surface area contributed by atoms with E-state index in [2.05, 4.69) is 42.5 Å². The average molecular weight is 1440 g/mol. The highest BCUT2D eigenvalue weighted by molar-refractivity contribution is 7.98. The number of aliphatic hydroxyl groups excluding tert-OH is 1. The Kier molecular flexibility index (Phi) is 36.0. The predicted octanol–water partition coefficient (Wildman–Crippen LogP) is -1.96. The smallest absolute Gasteiger partial charge is 0.326 e. The number of ketones is 2. The molecule has 34 nitrogen and oxygen atoms in total. The highest BCUT2D eigenvalue weighted by atomic mass is 32.2. The molecule has 2 heterocycles. The summed E-state index contributed by atoms with van der Waals surface area (Å²) in [5.41, 5.74) is 12.8. The van der Waals surface area contributed by atoms with Gasteiger partial charge in [0.15, 0.2) is 11.6 Å². The molecule has 1 aromatic rings. The second kappa shape index (κ2) is 42.2. The summed E-state index contributed by atoms with van der Waals surface area (Å²) in [5, 5.41) is 78.6. The van der Waals surface area contributed by atoms with E-state index in [-0.39, 0.29) is 67.1 Å². The van der Waals surface area contributed by atoms with Crippen LogP contribution in [0.15, 0.2) is 24.3 Å². The number of likely N-dealkylation sites (tertiary alicyclic amines) is 1. The summed E-state index contributed by atoms with van der Waals surface area (Å²) in [5.74, 6) is -23.9. The third-order valence-electron chi connectivity index (χ3n) is 15.8. The van der Waals surface area contributed by atoms with Crippen LogP contribution < -0.4 is 54.0 Å². The molecule has 12 atom stereocenters. The van der Waals surface area contributed by atoms with Crippen molar-refractivity contribution < 1.29 is 112 Å². The van der Waals surface area contributed by atoms with Gasteiger partial charge < -0.3 is 89.5 Å². The Labute approximate surface area is 579 Å². The lowest BCUT2D eigenvalue weighted by molar-refractivity contribution is -0.149. The molecule has 0 aliphatic carbocycles. The first-order valence-corrected chi connectivity index (χ1v) is 34.6. The van der Waals surface area contributed by atoms with E-state index in [0.29, 0.717) is 17.5 Å². The van der Waals surface area contributed by atoms with Crippen LogP contribution in [0, 0.1) is 23.7 Å². The van der Waals surface area contributed by atoms with Crippen molar-refractivity contribution in [2.45, 2.75) is 203 Å². The molecule has 1 saturated heterocycles. The maximum Gasteiger partial charge on any atom is 0.326 e. The fourth-order valence-corrected chi connectivity index (χ4v) is 12.8. The van der Waals surface area contributed by atoms with Crippen molar-refractivity contribution in [1.82, 2.24) is 47.4 Å². The lowest BCUT2D eigenvalue weighted by Crippen LogP contribution is -2.59. The first-order valence-electron chi connectivity index (χ1n) is 32.3. The van der Waals surface area contributed by atoms with E-state index in [1.54, 1.807) is 52.0 Å². The number of thioether (sulfide) groups is 2. The molecule has 1 fully saturated rings. The van der Waals surface area contributed by atoms with Crippen molar-refractivity contribution in [2.24, 2.45) is 35.1 Å². The van der Waals surface area contributed by atoms with Crippen LogP contribution in [0.25, 0.3) is 0 Å². The number of primary amides is 1. The minimum absolute atomic E-state index is 0.0176. The minimum atomic E-state index is -2.09. The number of aliphatic hydroxyl groups is 1. The molecule has 2 aliphatic heterocycles. The monoisotopic (exact) mass is 1440 g/mol. The summed E-state index contributed by atoms with van der Waals surface area (Å²) in [7, 11) is 0. The van der Waals surface area contributed by atoms with E-state index in [4.69, 9.17) is 11.5 Å². The Morgan fingerprint density at radius 2 is 1.19 bits per heavy atom. The van der Waals surface area contributed by atoms with E-state index in [1.807, 2.05) is 0 Å². The molecule has 18 N–H and O–H groups in total. The zero-order valence-corrected chi connectivity index (χ0v) is 57.4. The molecular formula is C63H93N11O23S2. The molecule has 3 rings (SSSR count). The number of rotatable bonds is 28. The zero-order valence-electron chi connectivity index (χ0n) is 55.8. The lowest BCUT2D eigenvalue weighted by atomic mass is 9.91. The number of aliphatic carboxylic acids is 5. The van der Waals surface area contributed by atoms with E-state index in [0.717, 1.165) is 35.3 Å². The molecule has 550 valence electrons. The lowest BCUT2D eigenvalue weighted by Gasteiger charge is -2.30. The third-order valence-corrected chi connectivity index (χ3v) is 18.1. The number of carbonyl (C=O) groups is 17. The number of fused-ring (bicyclic) bond motifs is 2. The highest BCUT2D eigenvalue weighted by Crippen LogP contribution is 2.25. The van der Waals surface area contributed by atoms with Gasteiger partial charge in [-0.15, -0.1) is 0 Å². The quantitative estimate of drug-likeness (QED) is 0.0433. The van der Waals surface area contributed by atoms with Crippen LogP contribution in [0.3, 0.4) is 0 Å². The molecule has 0 unspecified atom stereocenters. The van der Waals surface area contributed by atoms with Gasteiger partial charge in [-0.05, 0) is 81.3 Å². The molecule has 36 heteroatoms. The highest BCUT2D eigenvalue weighted by Gasteiger charge is 2.41. The number of Topliss-reactive ketones (excluding diaryl/α,β-unsaturated/α-hetero) is 2. The SMILES string of the molecule is CC(C)C[C@H](NC(=O)[C@@H]1CSCc2cccc(c2)CSC[C@H](CC(=O)[C@H](CCC(N)=O)NC(=O)[C@@H](N)CC(C)C)C(=O)N[C@@H](CC(=O)O)C(=O)N[C@@H](CCC(=O)O)C(=O)C[C@@H](CCC(=O)O)C(=O)N[C@@H]([C@@H](C)O)C(=O)NCC(=O)N[C@@H](CCC(=O)O)C(=O)N1)C(=O)N1CCC[C@H]1C(=O)O. The minimum Gasteiger partial charge on any atom is -0.481 e. The molecule has 0 aromatic heterocycles. The topological polar surface area (TPSA) is 563 Å². The van der Waals surface area contributed by atoms with Crippen molar-refractivity contribution >= 4 is 124 Å². The van der Waals surface area contributed by atoms with Crippen LogP contribution in [0.2, 0.25) is 0 Å². The molecular weight excluding hydrogens is 1340 g/mol. The van der Waals surface area contributed by atoms with Gasteiger partial charge in [-0.1, -0.05) is 52.0 Å². The van der Waals surface area contributed by atoms with Crippen LogP contribution >= 0.6 is 23.5 Å². The van der Waals surface area contributed by atoms with E-state index < -0.39 is 244 Å². The first kappa shape index (κ1) is 84.5. The van der Waals surface area contributed by atoms with Gasteiger partial charge in [0.05, 0.1) is 43.1 Å². The number of nitrogens with one attached hydrogen (secondary N) is 8. The second-order valence-electron chi connectivity index (χ2n) is 25.2. The molecule has 10 amide bonds. The second-order valence-corrected chi connectivity index (χ2v) is 27.3. The van der Waals surface area contributed by atoms with Crippen molar-refractivity contribution in [3.8, 4) is 0 Å². The summed E-state index contributed by atoms with van der Waals surface area (Å²) >= 11 is 2.15. The van der Waals surface area contributed by atoms with E-state index in [1.165, 1.54) is 0 Å². The van der Waals surface area contributed by atoms with Crippen molar-refractivity contribution in [3.63, 3.8) is 0 Å². The third kappa shape index (κ3) is 30.9. The van der Waals surface area contributed by atoms with Gasteiger partial charge in [-0.3, -0.25) is 76.7 Å². The Hall–Kier alpha value is -8.77. The molecule has 2 bridgehead atoms. The Bertz CT molecular complexity index is 3100. The molecule has 0 radical (unpaired) electrons. The summed E-state index contributed by atoms with van der Waals surface area (Å²) in [4.78, 5) is 229. The number of hydrogen-bond acceptors (Lipinski definition) is 21. The van der Waals surface area contributed by atoms with Gasteiger partial charge in [-0.2, -0.15) is 23.5 Å². The van der Waals surface area contributed by atoms with Crippen LogP contribution in [0.1, 0.15) is 142 Å². The number of nitrogens with two attached hydrogens (primary N) is 2. The fourth-order valence-electron chi connectivity index (χ4n) is 10.7. The van der Waals surface area contributed by atoms with Crippen LogP contribution in [-0.4, -0.2) is 221 Å². The molecule has 1 aromatic carbocycles. The van der Waals surface area contributed by atoms with Crippen molar-refractivity contribution in [3.05, 3.63) is 35.4 Å². The standard InChI is InChI=1S/C63H93N11O23S2/c1-31(2)20-38(64)57(90)68-39(12-15-48(65)78)47(77)24-37-29-98-27-34-8-6-9-35(22-34)28-99-30-44(60(93)71-43(21-32(3)4)62(95)74-19-7-10-45(74)63(96)97)72-58(91)41(14-18-52(84)85)67-49(79)26-66-61(94)54(33(5)75)73-55(88)36(11-16-50(80)81)23-46(76)40(13-17-51(82)83)69-59(92)42(25-53(86)87)70-56(37)89/h6,8-9,22,31-33,36-45,54,75H,7,10-21,23-30,64H2,1-5H3,(H2,65,78)(H,66,94)(H,67,79)(H,68,90)(H,69,92)(H,70,89)(H,71,93)(H,72,91)(H,73,88)(H,80,81)(H,82,83)(H,84,85)(H,86,87)(H,96,97)/t33-,36-,37+,38+,39+,40+,41+,42+,43+,44+,45+,54+/m1/s1. The number of nitrogens with zero attached hydrogens (tertiary/aromatic N) is 1. The largest absolute Gasteiger partial charge is 0.481 e. The number of amides is 10. The van der Waals surface area contributed by atoms with Crippen molar-refractivity contribution in [2.75, 3.05) is 24.6 Å². The Morgan fingerprint density at radius 1 is 0.626 bits per heavy atom. The van der Waals surface area contributed by atoms with E-state index >= 15 is 0 Å². The average Bonchev–Trinajstić information content (AvgIpc) is 1.79. The summed E-state index contributed by atoms with van der Waals surface area (Å²) in [6.07, 6.45) is -9.24. The summed E-state index contributed by atoms with van der Waals surface area (Å²) < 4.78 is 0. The predicted molar refractivity (Wildman–Crippen MR) is 354 cm³/mol. The number of carboxylic acid groups (broad SMARTS) is 5. The van der Waals surface area contributed by atoms with Gasteiger partial charge in [0.2, 0.25) is 59.1 Å². The normalized spacial score (nSPS) is 22.8. The van der Waals surface area contributed by atoms with Crippen LogP contribution in [0.5, 0.6) is 0 Å². The van der Waals surface area contributed by atoms with Gasteiger partial charge in [-0.25, -0.2) is 4.79 Å². The number of carboxylic acids is 5.